The van der Waals surface area contributed by atoms with Crippen LogP contribution in [0.3, 0.4) is 0 Å². The van der Waals surface area contributed by atoms with E-state index in [0.29, 0.717) is 12.8 Å². The molecule has 0 unspecified atom stereocenters. The number of carbonyl (C=O) groups is 1. The van der Waals surface area contributed by atoms with Gasteiger partial charge in [-0.2, -0.15) is 0 Å². The average molecular weight is 257 g/mol. The van der Waals surface area contributed by atoms with Gasteiger partial charge in [0.2, 0.25) is 0 Å². The van der Waals surface area contributed by atoms with Gasteiger partial charge in [0.25, 0.3) is 0 Å². The Labute approximate surface area is 113 Å². The van der Waals surface area contributed by atoms with E-state index in [9.17, 15) is 4.79 Å². The highest BCUT2D eigenvalue weighted by Gasteiger charge is 2.08. The second-order valence-electron chi connectivity index (χ2n) is 4.91. The molecular weight excluding hydrogens is 238 g/mol. The number of carbonyl (C=O) groups excluding carboxylic acids is 1. The van der Waals surface area contributed by atoms with Gasteiger partial charge in [-0.3, -0.25) is 9.78 Å². The lowest BCUT2D eigenvalue weighted by Gasteiger charge is -2.10. The zero-order chi connectivity index (χ0) is 14.0. The molecule has 0 spiro atoms. The van der Waals surface area contributed by atoms with Crippen molar-refractivity contribution in [2.24, 2.45) is 0 Å². The molecule has 0 aliphatic carbocycles. The summed E-state index contributed by atoms with van der Waals surface area (Å²) in [6.45, 7) is 6.27. The van der Waals surface area contributed by atoms with Crippen LogP contribution in [0.5, 0.6) is 0 Å². The molecule has 3 nitrogen and oxygen atoms in total. The number of nitrogens with zero attached hydrogens (tertiary/aromatic N) is 1. The van der Waals surface area contributed by atoms with Crippen molar-refractivity contribution in [1.82, 2.24) is 4.98 Å². The van der Waals surface area contributed by atoms with Crippen LogP contribution in [-0.2, 0) is 16.0 Å². The summed E-state index contributed by atoms with van der Waals surface area (Å²) < 4.78 is 4.67. The summed E-state index contributed by atoms with van der Waals surface area (Å²) in [7, 11) is 1.41. The Kier molecular flexibility index (Phi) is 3.84. The number of pyridine rings is 1. The summed E-state index contributed by atoms with van der Waals surface area (Å²) >= 11 is 0. The molecule has 3 heteroatoms. The molecule has 0 saturated carbocycles. The van der Waals surface area contributed by atoms with Gasteiger partial charge in [0.1, 0.15) is 0 Å². The van der Waals surface area contributed by atoms with Crippen molar-refractivity contribution < 1.29 is 9.53 Å². The van der Waals surface area contributed by atoms with E-state index in [4.69, 9.17) is 4.98 Å². The number of esters is 1. The Balaban J connectivity index is 2.42. The maximum Gasteiger partial charge on any atom is 0.305 e. The zero-order valence-electron chi connectivity index (χ0n) is 11.9. The lowest BCUT2D eigenvalue weighted by atomic mass is 10.0. The third kappa shape index (κ3) is 2.75. The molecule has 0 N–H and O–H groups in total. The number of ether oxygens (including phenoxy) is 1. The molecule has 0 fully saturated rings. The van der Waals surface area contributed by atoms with Gasteiger partial charge in [-0.05, 0) is 43.5 Å². The van der Waals surface area contributed by atoms with E-state index < -0.39 is 0 Å². The van der Waals surface area contributed by atoms with E-state index in [1.165, 1.54) is 29.2 Å². The molecule has 1 aromatic heterocycles. The van der Waals surface area contributed by atoms with E-state index in [0.717, 1.165) is 11.2 Å². The topological polar surface area (TPSA) is 39.2 Å². The van der Waals surface area contributed by atoms with Gasteiger partial charge in [-0.15, -0.1) is 0 Å². The zero-order valence-corrected chi connectivity index (χ0v) is 11.9. The second-order valence-corrected chi connectivity index (χ2v) is 4.91. The first-order valence-corrected chi connectivity index (χ1v) is 6.46. The van der Waals surface area contributed by atoms with Crippen LogP contribution >= 0.6 is 0 Å². The Bertz CT molecular complexity index is 632. The van der Waals surface area contributed by atoms with E-state index in [-0.39, 0.29) is 5.97 Å². The summed E-state index contributed by atoms with van der Waals surface area (Å²) in [6.07, 6.45) is 0.996. The number of methoxy groups -OCH3 is 1. The summed E-state index contributed by atoms with van der Waals surface area (Å²) in [6, 6.07) is 6.30. The largest absolute Gasteiger partial charge is 0.469 e. The smallest absolute Gasteiger partial charge is 0.305 e. The Morgan fingerprint density at radius 3 is 2.63 bits per heavy atom. The predicted octanol–water partition coefficient (Wildman–Crippen LogP) is 3.27. The van der Waals surface area contributed by atoms with E-state index in [1.807, 2.05) is 0 Å². The second kappa shape index (κ2) is 5.39. The molecule has 0 saturated heterocycles. The van der Waals surface area contributed by atoms with Crippen molar-refractivity contribution in [3.8, 4) is 0 Å². The number of benzene rings is 1. The molecule has 2 rings (SSSR count). The van der Waals surface area contributed by atoms with Crippen molar-refractivity contribution in [2.75, 3.05) is 7.11 Å². The van der Waals surface area contributed by atoms with Crippen LogP contribution in [0, 0.1) is 20.8 Å². The fraction of sp³-hybridized carbons (Fsp3) is 0.375. The maximum absolute atomic E-state index is 11.2. The van der Waals surface area contributed by atoms with E-state index >= 15 is 0 Å². The third-order valence-corrected chi connectivity index (χ3v) is 3.58. The average Bonchev–Trinajstić information content (AvgIpc) is 2.40. The van der Waals surface area contributed by atoms with Gasteiger partial charge >= 0.3 is 5.97 Å². The molecule has 19 heavy (non-hydrogen) atoms. The first-order valence-electron chi connectivity index (χ1n) is 6.46. The van der Waals surface area contributed by atoms with Crippen molar-refractivity contribution in [3.63, 3.8) is 0 Å². The van der Waals surface area contributed by atoms with E-state index in [1.54, 1.807) is 0 Å². The molecule has 0 radical (unpaired) electrons. The number of hydrogen-bond donors (Lipinski definition) is 0. The minimum absolute atomic E-state index is 0.194. The summed E-state index contributed by atoms with van der Waals surface area (Å²) in [5.41, 5.74) is 5.64. The molecule has 0 aliphatic rings. The van der Waals surface area contributed by atoms with Gasteiger partial charge in [-0.25, -0.2) is 0 Å². The van der Waals surface area contributed by atoms with Gasteiger partial charge in [-0.1, -0.05) is 12.1 Å². The van der Waals surface area contributed by atoms with Crippen molar-refractivity contribution in [2.45, 2.75) is 33.6 Å². The fourth-order valence-corrected chi connectivity index (χ4v) is 2.23. The SMILES string of the molecule is COC(=O)CCc1cc(C)c2ccc(C)c(C)c2n1. The molecular formula is C16H19NO2. The summed E-state index contributed by atoms with van der Waals surface area (Å²) in [4.78, 5) is 15.9. The minimum atomic E-state index is -0.194. The monoisotopic (exact) mass is 257 g/mol. The molecule has 1 aromatic carbocycles. The van der Waals surface area contributed by atoms with Crippen molar-refractivity contribution in [3.05, 3.63) is 40.6 Å². The van der Waals surface area contributed by atoms with Gasteiger partial charge in [0, 0.05) is 17.5 Å². The molecule has 0 amide bonds. The van der Waals surface area contributed by atoms with Crippen LogP contribution in [0.15, 0.2) is 18.2 Å². The normalized spacial score (nSPS) is 10.7. The van der Waals surface area contributed by atoms with Crippen LogP contribution in [0.2, 0.25) is 0 Å². The third-order valence-electron chi connectivity index (χ3n) is 3.58. The van der Waals surface area contributed by atoms with Crippen LogP contribution in [0.1, 0.15) is 28.8 Å². The molecule has 2 aromatic rings. The van der Waals surface area contributed by atoms with Crippen molar-refractivity contribution in [1.29, 1.82) is 0 Å². The minimum Gasteiger partial charge on any atom is -0.469 e. The highest BCUT2D eigenvalue weighted by molar-refractivity contribution is 5.86. The standard InChI is InChI=1S/C16H19NO2/c1-10-5-7-14-11(2)9-13(6-8-15(18)19-4)17-16(14)12(10)3/h5,7,9H,6,8H2,1-4H3. The highest BCUT2D eigenvalue weighted by atomic mass is 16.5. The first-order chi connectivity index (χ1) is 9.02. The lowest BCUT2D eigenvalue weighted by molar-refractivity contribution is -0.140. The van der Waals surface area contributed by atoms with Crippen LogP contribution in [0.25, 0.3) is 10.9 Å². The molecule has 0 bridgehead atoms. The first kappa shape index (κ1) is 13.5. The maximum atomic E-state index is 11.2. The molecule has 0 aliphatic heterocycles. The Morgan fingerprint density at radius 1 is 1.21 bits per heavy atom. The highest BCUT2D eigenvalue weighted by Crippen LogP contribution is 2.23. The van der Waals surface area contributed by atoms with Crippen molar-refractivity contribution >= 4 is 16.9 Å². The number of fused-ring (bicyclic) bond motifs is 1. The summed E-state index contributed by atoms with van der Waals surface area (Å²) in [5, 5.41) is 1.19. The quantitative estimate of drug-likeness (QED) is 0.792. The molecule has 0 atom stereocenters. The number of rotatable bonds is 3. The Morgan fingerprint density at radius 2 is 1.95 bits per heavy atom. The number of aromatic nitrogens is 1. The number of hydrogen-bond acceptors (Lipinski definition) is 3. The van der Waals surface area contributed by atoms with Crippen LogP contribution < -0.4 is 0 Å². The van der Waals surface area contributed by atoms with E-state index in [2.05, 4.69) is 43.7 Å². The summed E-state index contributed by atoms with van der Waals surface area (Å²) in [5.74, 6) is -0.194. The molecule has 100 valence electrons. The fourth-order valence-electron chi connectivity index (χ4n) is 2.23. The lowest BCUT2D eigenvalue weighted by Crippen LogP contribution is -2.04. The number of aryl methyl sites for hydroxylation is 4. The predicted molar refractivity (Wildman–Crippen MR) is 76.3 cm³/mol. The van der Waals surface area contributed by atoms with Gasteiger partial charge < -0.3 is 4.74 Å². The molecule has 1 heterocycles. The van der Waals surface area contributed by atoms with Crippen LogP contribution in [0.4, 0.5) is 0 Å². The van der Waals surface area contributed by atoms with Gasteiger partial charge in [0.15, 0.2) is 0 Å². The Hall–Kier alpha value is -1.90. The van der Waals surface area contributed by atoms with Gasteiger partial charge in [0.05, 0.1) is 19.0 Å². The van der Waals surface area contributed by atoms with Crippen LogP contribution in [-0.4, -0.2) is 18.1 Å².